The Morgan fingerprint density at radius 2 is 1.78 bits per heavy atom. The average Bonchev–Trinajstić information content (AvgIpc) is 3.17. The third kappa shape index (κ3) is 4.38. The highest BCUT2D eigenvalue weighted by atomic mass is 16.7. The minimum Gasteiger partial charge on any atom is -0.493 e. The molecule has 1 heterocycles. The number of Topliss-reactive ketones (excluding diaryl/α,β-unsaturated/α-hetero) is 1. The molecule has 2 aromatic rings. The highest BCUT2D eigenvalue weighted by Gasteiger charge is 2.16. The molecule has 2 aromatic carbocycles. The molecule has 0 unspecified atom stereocenters. The van der Waals surface area contributed by atoms with E-state index in [2.05, 4.69) is 0 Å². The van der Waals surface area contributed by atoms with Gasteiger partial charge in [0.15, 0.2) is 35.4 Å². The van der Waals surface area contributed by atoms with Gasteiger partial charge >= 0.3 is 5.97 Å². The van der Waals surface area contributed by atoms with Crippen LogP contribution in [0.5, 0.6) is 23.0 Å². The van der Waals surface area contributed by atoms with Gasteiger partial charge in [0.25, 0.3) is 0 Å². The molecule has 0 spiro atoms. The van der Waals surface area contributed by atoms with Crippen LogP contribution in [0.3, 0.4) is 0 Å². The van der Waals surface area contributed by atoms with E-state index < -0.39 is 5.97 Å². The minimum atomic E-state index is -0.626. The van der Waals surface area contributed by atoms with Crippen molar-refractivity contribution in [1.82, 2.24) is 0 Å². The molecule has 0 aliphatic carbocycles. The van der Waals surface area contributed by atoms with Crippen LogP contribution in [0.2, 0.25) is 0 Å². The molecule has 0 radical (unpaired) electrons. The highest BCUT2D eigenvalue weighted by molar-refractivity contribution is 5.99. The minimum absolute atomic E-state index is 0.128. The lowest BCUT2D eigenvalue weighted by atomic mass is 10.1. The number of fused-ring (bicyclic) bond motifs is 1. The van der Waals surface area contributed by atoms with Gasteiger partial charge < -0.3 is 23.7 Å². The van der Waals surface area contributed by atoms with Gasteiger partial charge in [-0.3, -0.25) is 4.79 Å². The topological polar surface area (TPSA) is 80.3 Å². The zero-order valence-corrected chi connectivity index (χ0v) is 14.9. The summed E-state index contributed by atoms with van der Waals surface area (Å²) >= 11 is 0. The van der Waals surface area contributed by atoms with E-state index in [1.54, 1.807) is 49.6 Å². The molecule has 0 bridgehead atoms. The van der Waals surface area contributed by atoms with Gasteiger partial charge in [-0.25, -0.2) is 4.79 Å². The van der Waals surface area contributed by atoms with Crippen LogP contribution >= 0.6 is 0 Å². The lowest BCUT2D eigenvalue weighted by Crippen LogP contribution is -2.12. The molecular formula is C20H18O7. The molecule has 0 saturated heterocycles. The molecule has 0 aromatic heterocycles. The van der Waals surface area contributed by atoms with Crippen molar-refractivity contribution in [3.05, 3.63) is 53.6 Å². The fourth-order valence-corrected chi connectivity index (χ4v) is 2.46. The Morgan fingerprint density at radius 3 is 2.56 bits per heavy atom. The van der Waals surface area contributed by atoms with Crippen molar-refractivity contribution in [2.45, 2.75) is 0 Å². The van der Waals surface area contributed by atoms with Gasteiger partial charge in [-0.2, -0.15) is 0 Å². The molecule has 0 saturated carbocycles. The van der Waals surface area contributed by atoms with Crippen molar-refractivity contribution in [3.63, 3.8) is 0 Å². The van der Waals surface area contributed by atoms with E-state index >= 15 is 0 Å². The smallest absolute Gasteiger partial charge is 0.331 e. The molecule has 7 nitrogen and oxygen atoms in total. The summed E-state index contributed by atoms with van der Waals surface area (Å²) in [6.45, 7) is -0.238. The van der Waals surface area contributed by atoms with Crippen LogP contribution in [0, 0.1) is 0 Å². The summed E-state index contributed by atoms with van der Waals surface area (Å²) < 4.78 is 25.8. The van der Waals surface area contributed by atoms with E-state index in [1.807, 2.05) is 0 Å². The molecule has 1 aliphatic heterocycles. The Bertz CT molecular complexity index is 886. The summed E-state index contributed by atoms with van der Waals surface area (Å²) in [6, 6.07) is 10.0. The molecule has 3 rings (SSSR count). The highest BCUT2D eigenvalue weighted by Crippen LogP contribution is 2.32. The predicted octanol–water partition coefficient (Wildman–Crippen LogP) is 2.87. The number of ether oxygens (including phenoxy) is 5. The van der Waals surface area contributed by atoms with Crippen molar-refractivity contribution < 1.29 is 33.3 Å². The van der Waals surface area contributed by atoms with Gasteiger partial charge in [0, 0.05) is 11.6 Å². The van der Waals surface area contributed by atoms with E-state index in [-0.39, 0.29) is 19.2 Å². The maximum Gasteiger partial charge on any atom is 0.331 e. The molecule has 0 N–H and O–H groups in total. The van der Waals surface area contributed by atoms with Crippen molar-refractivity contribution in [2.24, 2.45) is 0 Å². The van der Waals surface area contributed by atoms with E-state index in [0.29, 0.717) is 28.6 Å². The SMILES string of the molecule is COc1ccc(/C=C/C(=O)OCC(=O)c2ccc3c(c2)OCO3)cc1OC. The zero-order valence-electron chi connectivity index (χ0n) is 14.9. The van der Waals surface area contributed by atoms with Gasteiger partial charge in [0.2, 0.25) is 6.79 Å². The van der Waals surface area contributed by atoms with Gasteiger partial charge in [0.05, 0.1) is 14.2 Å². The van der Waals surface area contributed by atoms with E-state index in [1.165, 1.54) is 13.2 Å². The number of rotatable bonds is 7. The third-order valence-corrected chi connectivity index (χ3v) is 3.86. The number of hydrogen-bond donors (Lipinski definition) is 0. The molecule has 7 heteroatoms. The van der Waals surface area contributed by atoms with E-state index in [4.69, 9.17) is 23.7 Å². The maximum atomic E-state index is 12.1. The normalized spacial score (nSPS) is 12.1. The van der Waals surface area contributed by atoms with Crippen LogP contribution in [-0.4, -0.2) is 39.4 Å². The standard InChI is InChI=1S/C20H18O7/c1-23-16-6-3-13(9-18(16)24-2)4-8-20(22)25-11-15(21)14-5-7-17-19(10-14)27-12-26-17/h3-10H,11-12H2,1-2H3/b8-4+. The lowest BCUT2D eigenvalue weighted by Gasteiger charge is -2.07. The second-order valence-corrected chi connectivity index (χ2v) is 5.55. The Kier molecular flexibility index (Phi) is 5.61. The zero-order chi connectivity index (χ0) is 19.2. The Hall–Kier alpha value is -3.48. The summed E-state index contributed by atoms with van der Waals surface area (Å²) in [5.41, 5.74) is 1.11. The first-order valence-corrected chi connectivity index (χ1v) is 8.10. The first-order chi connectivity index (χ1) is 13.1. The fourth-order valence-electron chi connectivity index (χ4n) is 2.46. The van der Waals surface area contributed by atoms with Crippen molar-refractivity contribution >= 4 is 17.8 Å². The molecule has 0 fully saturated rings. The van der Waals surface area contributed by atoms with Crippen LogP contribution in [0.1, 0.15) is 15.9 Å². The lowest BCUT2D eigenvalue weighted by molar-refractivity contribution is -0.136. The molecule has 27 heavy (non-hydrogen) atoms. The van der Waals surface area contributed by atoms with Crippen LogP contribution in [0.4, 0.5) is 0 Å². The Morgan fingerprint density at radius 1 is 1.00 bits per heavy atom. The monoisotopic (exact) mass is 370 g/mol. The van der Waals surface area contributed by atoms with Crippen molar-refractivity contribution in [1.29, 1.82) is 0 Å². The van der Waals surface area contributed by atoms with Gasteiger partial charge in [-0.05, 0) is 42.0 Å². The third-order valence-electron chi connectivity index (χ3n) is 3.86. The number of methoxy groups -OCH3 is 2. The largest absolute Gasteiger partial charge is 0.493 e. The Balaban J connectivity index is 1.56. The van der Waals surface area contributed by atoms with Crippen molar-refractivity contribution in [2.75, 3.05) is 27.6 Å². The summed E-state index contributed by atoms with van der Waals surface area (Å²) in [4.78, 5) is 24.0. The van der Waals surface area contributed by atoms with Gasteiger partial charge in [-0.1, -0.05) is 6.07 Å². The average molecular weight is 370 g/mol. The first-order valence-electron chi connectivity index (χ1n) is 8.10. The fraction of sp³-hybridized carbons (Fsp3) is 0.200. The van der Waals surface area contributed by atoms with Gasteiger partial charge in [-0.15, -0.1) is 0 Å². The predicted molar refractivity (Wildman–Crippen MR) is 96.4 cm³/mol. The maximum absolute atomic E-state index is 12.1. The molecule has 0 amide bonds. The van der Waals surface area contributed by atoms with Crippen LogP contribution < -0.4 is 18.9 Å². The van der Waals surface area contributed by atoms with Gasteiger partial charge in [0.1, 0.15) is 0 Å². The molecule has 140 valence electrons. The number of carbonyl (C=O) groups excluding carboxylic acids is 2. The van der Waals surface area contributed by atoms with Crippen molar-refractivity contribution in [3.8, 4) is 23.0 Å². The second-order valence-electron chi connectivity index (χ2n) is 5.55. The second kappa shape index (κ2) is 8.27. The summed E-state index contributed by atoms with van der Waals surface area (Å²) in [6.07, 6.45) is 2.81. The quantitative estimate of drug-likeness (QED) is 0.421. The molecule has 0 atom stereocenters. The number of ketones is 1. The summed E-state index contributed by atoms with van der Waals surface area (Å²) in [5.74, 6) is 1.26. The van der Waals surface area contributed by atoms with E-state index in [0.717, 1.165) is 5.56 Å². The summed E-state index contributed by atoms with van der Waals surface area (Å²) in [7, 11) is 3.07. The van der Waals surface area contributed by atoms with E-state index in [9.17, 15) is 9.59 Å². The van der Waals surface area contributed by atoms with Crippen LogP contribution in [0.15, 0.2) is 42.5 Å². The molecule has 1 aliphatic rings. The van der Waals surface area contributed by atoms with Crippen LogP contribution in [-0.2, 0) is 9.53 Å². The number of benzene rings is 2. The van der Waals surface area contributed by atoms with Crippen LogP contribution in [0.25, 0.3) is 6.08 Å². The Labute approximate surface area is 156 Å². The number of hydrogen-bond acceptors (Lipinski definition) is 7. The number of carbonyl (C=O) groups is 2. The first kappa shape index (κ1) is 18.3. The summed E-state index contributed by atoms with van der Waals surface area (Å²) in [5, 5.41) is 0. The number of esters is 1. The molecular weight excluding hydrogens is 352 g/mol.